The van der Waals surface area contributed by atoms with Crippen molar-refractivity contribution in [1.29, 1.82) is 5.26 Å². The van der Waals surface area contributed by atoms with Gasteiger partial charge in [-0.3, -0.25) is 9.78 Å². The van der Waals surface area contributed by atoms with Crippen LogP contribution in [-0.2, 0) is 9.53 Å². The Bertz CT molecular complexity index is 527. The minimum absolute atomic E-state index is 0.0164. The Morgan fingerprint density at radius 2 is 2.22 bits per heavy atom. The second-order valence-corrected chi connectivity index (χ2v) is 3.26. The minimum Gasteiger partial charge on any atom is -0.452 e. The number of rotatable bonds is 4. The van der Waals surface area contributed by atoms with Gasteiger partial charge in [0.2, 0.25) is 5.78 Å². The van der Waals surface area contributed by atoms with Crippen molar-refractivity contribution < 1.29 is 14.3 Å². The summed E-state index contributed by atoms with van der Waals surface area (Å²) in [6.45, 7) is 0.855. The lowest BCUT2D eigenvalue weighted by Gasteiger charge is -2.03. The molecule has 18 heavy (non-hydrogen) atoms. The third-order valence-electron chi connectivity index (χ3n) is 1.89. The van der Waals surface area contributed by atoms with E-state index in [-0.39, 0.29) is 17.0 Å². The topological polar surface area (TPSA) is 119 Å². The molecule has 1 aromatic rings. The monoisotopic (exact) mass is 246 g/mol. The van der Waals surface area contributed by atoms with Crippen molar-refractivity contribution in [3.05, 3.63) is 35.6 Å². The van der Waals surface area contributed by atoms with E-state index in [1.807, 2.05) is 0 Å². The molecular formula is C11H10N4O3. The van der Waals surface area contributed by atoms with Gasteiger partial charge in [-0.25, -0.2) is 9.78 Å². The third kappa shape index (κ3) is 3.38. The summed E-state index contributed by atoms with van der Waals surface area (Å²) in [5.74, 6) is -1.45. The van der Waals surface area contributed by atoms with E-state index in [4.69, 9.17) is 15.7 Å². The summed E-state index contributed by atoms with van der Waals surface area (Å²) in [4.78, 5) is 30.3. The predicted molar refractivity (Wildman–Crippen MR) is 59.8 cm³/mol. The van der Waals surface area contributed by atoms with E-state index >= 15 is 0 Å². The maximum absolute atomic E-state index is 11.5. The van der Waals surface area contributed by atoms with Gasteiger partial charge in [-0.05, 0) is 6.92 Å². The molecule has 2 N–H and O–H groups in total. The van der Waals surface area contributed by atoms with E-state index in [2.05, 4.69) is 9.97 Å². The van der Waals surface area contributed by atoms with Crippen LogP contribution >= 0.6 is 0 Å². The number of esters is 1. The molecule has 1 rings (SSSR count). The zero-order chi connectivity index (χ0) is 13.5. The van der Waals surface area contributed by atoms with Crippen LogP contribution in [0.4, 0.5) is 0 Å². The van der Waals surface area contributed by atoms with Crippen LogP contribution in [0.1, 0.15) is 17.4 Å². The first-order chi connectivity index (χ1) is 8.56. The van der Waals surface area contributed by atoms with Gasteiger partial charge >= 0.3 is 5.97 Å². The average Bonchev–Trinajstić information content (AvgIpc) is 2.37. The number of carbonyl (C=O) groups is 2. The number of nitrogens with two attached hydrogens (primary N) is 1. The summed E-state index contributed by atoms with van der Waals surface area (Å²) in [6.07, 6.45) is 3.93. The summed E-state index contributed by atoms with van der Waals surface area (Å²) in [5, 5.41) is 8.68. The van der Waals surface area contributed by atoms with Gasteiger partial charge in [0.25, 0.3) is 0 Å². The Morgan fingerprint density at radius 1 is 1.50 bits per heavy atom. The van der Waals surface area contributed by atoms with E-state index < -0.39 is 18.4 Å². The molecule has 0 aromatic carbocycles. The highest BCUT2D eigenvalue weighted by atomic mass is 16.5. The van der Waals surface area contributed by atoms with Crippen LogP contribution in [0.3, 0.4) is 0 Å². The number of Topliss-reactive ketones (excluding diaryl/α,β-unsaturated/α-hetero) is 1. The molecule has 0 aliphatic heterocycles. The fourth-order valence-electron chi connectivity index (χ4n) is 1.05. The molecule has 0 aliphatic rings. The molecular weight excluding hydrogens is 236 g/mol. The zero-order valence-corrected chi connectivity index (χ0v) is 9.58. The molecule has 0 spiro atoms. The van der Waals surface area contributed by atoms with Crippen LogP contribution < -0.4 is 5.73 Å². The normalized spacial score (nSPS) is 11.1. The fraction of sp³-hybridized carbons (Fsp3) is 0.182. The number of hydrogen-bond donors (Lipinski definition) is 1. The lowest BCUT2D eigenvalue weighted by molar-refractivity contribution is -0.118. The fourth-order valence-corrected chi connectivity index (χ4v) is 1.05. The Kier molecular flexibility index (Phi) is 4.51. The highest BCUT2D eigenvalue weighted by Gasteiger charge is 2.15. The van der Waals surface area contributed by atoms with Crippen molar-refractivity contribution in [2.24, 2.45) is 5.73 Å². The van der Waals surface area contributed by atoms with Crippen LogP contribution in [0.5, 0.6) is 0 Å². The molecule has 7 nitrogen and oxygen atoms in total. The van der Waals surface area contributed by atoms with Gasteiger partial charge in [0.15, 0.2) is 12.3 Å². The second kappa shape index (κ2) is 6.10. The maximum atomic E-state index is 11.5. The number of ketones is 1. The molecule has 0 saturated carbocycles. The molecule has 0 aliphatic carbocycles. The Labute approximate surface area is 103 Å². The summed E-state index contributed by atoms with van der Waals surface area (Å²) < 4.78 is 4.69. The Morgan fingerprint density at radius 3 is 2.72 bits per heavy atom. The standard InChI is InChI=1S/C11H10N4O3/c1-7(13)8(4-12)10(16)6-18-11(17)9-5-14-2-3-15-9/h2-3,5H,6,13H2,1H3/b8-7-. The van der Waals surface area contributed by atoms with Crippen LogP contribution in [-0.4, -0.2) is 28.3 Å². The first-order valence-corrected chi connectivity index (χ1v) is 4.89. The molecule has 0 atom stereocenters. The smallest absolute Gasteiger partial charge is 0.358 e. The molecule has 7 heteroatoms. The van der Waals surface area contributed by atoms with Gasteiger partial charge in [-0.2, -0.15) is 5.26 Å². The molecule has 0 saturated heterocycles. The van der Waals surface area contributed by atoms with Crippen LogP contribution in [0.25, 0.3) is 0 Å². The predicted octanol–water partition coefficient (Wildman–Crippen LogP) is -0.0412. The van der Waals surface area contributed by atoms with Crippen LogP contribution in [0, 0.1) is 11.3 Å². The van der Waals surface area contributed by atoms with Crippen molar-refractivity contribution in [3.8, 4) is 6.07 Å². The first kappa shape index (κ1) is 13.3. The van der Waals surface area contributed by atoms with Crippen LogP contribution in [0.2, 0.25) is 0 Å². The lowest BCUT2D eigenvalue weighted by atomic mass is 10.1. The molecule has 1 heterocycles. The molecule has 1 aromatic heterocycles. The molecule has 92 valence electrons. The van der Waals surface area contributed by atoms with E-state index in [1.54, 1.807) is 6.07 Å². The van der Waals surface area contributed by atoms with Crippen molar-refractivity contribution in [3.63, 3.8) is 0 Å². The van der Waals surface area contributed by atoms with Crippen LogP contribution in [0.15, 0.2) is 29.9 Å². The van der Waals surface area contributed by atoms with Crippen molar-refractivity contribution >= 4 is 11.8 Å². The highest BCUT2D eigenvalue weighted by Crippen LogP contribution is 2.01. The van der Waals surface area contributed by atoms with Gasteiger partial charge in [-0.15, -0.1) is 0 Å². The summed E-state index contributed by atoms with van der Waals surface area (Å²) in [6, 6.07) is 1.65. The summed E-state index contributed by atoms with van der Waals surface area (Å²) in [5.41, 5.74) is 5.18. The Balaban J connectivity index is 2.63. The molecule has 0 unspecified atom stereocenters. The molecule has 0 amide bonds. The van der Waals surface area contributed by atoms with E-state index in [9.17, 15) is 9.59 Å². The number of carbonyl (C=O) groups excluding carboxylic acids is 2. The first-order valence-electron chi connectivity index (χ1n) is 4.89. The van der Waals surface area contributed by atoms with Crippen molar-refractivity contribution in [1.82, 2.24) is 9.97 Å². The van der Waals surface area contributed by atoms with E-state index in [0.717, 1.165) is 0 Å². The number of aromatic nitrogens is 2. The largest absolute Gasteiger partial charge is 0.452 e. The van der Waals surface area contributed by atoms with E-state index in [1.165, 1.54) is 25.5 Å². The number of allylic oxidation sites excluding steroid dienone is 1. The summed E-state index contributed by atoms with van der Waals surface area (Å²) in [7, 11) is 0. The lowest BCUT2D eigenvalue weighted by Crippen LogP contribution is -2.18. The van der Waals surface area contributed by atoms with Gasteiger partial charge in [0.1, 0.15) is 11.6 Å². The average molecular weight is 246 g/mol. The highest BCUT2D eigenvalue weighted by molar-refractivity contribution is 6.01. The van der Waals surface area contributed by atoms with Crippen molar-refractivity contribution in [2.75, 3.05) is 6.61 Å². The zero-order valence-electron chi connectivity index (χ0n) is 9.58. The van der Waals surface area contributed by atoms with Gasteiger partial charge in [0.05, 0.1) is 6.20 Å². The number of nitrogens with zero attached hydrogens (tertiary/aromatic N) is 3. The number of nitriles is 1. The maximum Gasteiger partial charge on any atom is 0.358 e. The molecule has 0 radical (unpaired) electrons. The molecule has 0 fully saturated rings. The van der Waals surface area contributed by atoms with Gasteiger partial charge in [0, 0.05) is 18.1 Å². The second-order valence-electron chi connectivity index (χ2n) is 3.26. The molecule has 0 bridgehead atoms. The van der Waals surface area contributed by atoms with Gasteiger partial charge in [-0.1, -0.05) is 0 Å². The van der Waals surface area contributed by atoms with Crippen molar-refractivity contribution in [2.45, 2.75) is 6.92 Å². The third-order valence-corrected chi connectivity index (χ3v) is 1.89. The number of hydrogen-bond acceptors (Lipinski definition) is 7. The minimum atomic E-state index is -0.789. The SMILES string of the molecule is C/C(N)=C(\C#N)C(=O)COC(=O)c1cnccn1. The summed E-state index contributed by atoms with van der Waals surface area (Å²) >= 11 is 0. The van der Waals surface area contributed by atoms with E-state index in [0.29, 0.717) is 0 Å². The quantitative estimate of drug-likeness (QED) is 0.449. The number of ether oxygens (including phenoxy) is 1. The van der Waals surface area contributed by atoms with Gasteiger partial charge < -0.3 is 10.5 Å². The Hall–Kier alpha value is -2.75.